The van der Waals surface area contributed by atoms with Gasteiger partial charge in [-0.3, -0.25) is 9.59 Å². The lowest BCUT2D eigenvalue weighted by Crippen LogP contribution is -2.38. The fraction of sp³-hybridized carbons (Fsp3) is 0.105. The number of rotatable bonds is 5. The van der Waals surface area contributed by atoms with Crippen molar-refractivity contribution < 1.29 is 9.53 Å². The lowest BCUT2D eigenvalue weighted by Gasteiger charge is -2.09. The molecule has 0 aliphatic rings. The number of aromatic amines is 1. The molecule has 0 bridgehead atoms. The van der Waals surface area contributed by atoms with Gasteiger partial charge in [0.25, 0.3) is 11.5 Å². The number of carbonyl (C=O) groups excluding carboxylic acids is 1. The van der Waals surface area contributed by atoms with Crippen LogP contribution in [0.25, 0.3) is 5.69 Å². The maximum absolute atomic E-state index is 12.7. The van der Waals surface area contributed by atoms with Crippen LogP contribution in [0, 0.1) is 0 Å². The van der Waals surface area contributed by atoms with Crippen molar-refractivity contribution in [2.24, 2.45) is 0 Å². The molecule has 2 aromatic carbocycles. The van der Waals surface area contributed by atoms with Crippen molar-refractivity contribution >= 4 is 27.5 Å². The maximum Gasteiger partial charge on any atom is 0.333 e. The Kier molecular flexibility index (Phi) is 5.56. The van der Waals surface area contributed by atoms with Crippen LogP contribution in [0.5, 0.6) is 5.75 Å². The van der Waals surface area contributed by atoms with E-state index < -0.39 is 17.2 Å². The molecule has 0 unspecified atom stereocenters. The third kappa shape index (κ3) is 4.17. The summed E-state index contributed by atoms with van der Waals surface area (Å²) in [4.78, 5) is 39.8. The average molecular weight is 430 g/mol. The molecule has 0 saturated heterocycles. The molecular formula is C19H16BrN3O4. The average Bonchev–Trinajstić information content (AvgIpc) is 2.65. The van der Waals surface area contributed by atoms with Gasteiger partial charge in [0.1, 0.15) is 11.3 Å². The number of hydrogen-bond donors (Lipinski definition) is 2. The summed E-state index contributed by atoms with van der Waals surface area (Å²) in [5.74, 6) is 0.00752. The SMILES string of the molecule is CCOc1ccc(-n2c(=O)[nH]cc(C(=O)Nc3ccc(Br)cc3)c2=O)cc1. The number of carbonyl (C=O) groups is 1. The molecule has 138 valence electrons. The Labute approximate surface area is 162 Å². The Morgan fingerprint density at radius 1 is 1.11 bits per heavy atom. The summed E-state index contributed by atoms with van der Waals surface area (Å²) in [5, 5.41) is 2.64. The van der Waals surface area contributed by atoms with Gasteiger partial charge in [0.05, 0.1) is 12.3 Å². The Morgan fingerprint density at radius 3 is 2.41 bits per heavy atom. The molecule has 0 spiro atoms. The van der Waals surface area contributed by atoms with Crippen LogP contribution in [-0.2, 0) is 0 Å². The smallest absolute Gasteiger partial charge is 0.333 e. The van der Waals surface area contributed by atoms with Crippen molar-refractivity contribution in [3.8, 4) is 11.4 Å². The van der Waals surface area contributed by atoms with Gasteiger partial charge >= 0.3 is 5.69 Å². The molecule has 0 saturated carbocycles. The molecule has 7 nitrogen and oxygen atoms in total. The molecule has 0 aliphatic carbocycles. The Bertz CT molecular complexity index is 1070. The molecule has 8 heteroatoms. The minimum Gasteiger partial charge on any atom is -0.494 e. The number of halogens is 1. The molecule has 3 rings (SSSR count). The van der Waals surface area contributed by atoms with E-state index in [1.54, 1.807) is 48.5 Å². The number of ether oxygens (including phenoxy) is 1. The Morgan fingerprint density at radius 2 is 1.78 bits per heavy atom. The van der Waals surface area contributed by atoms with Gasteiger partial charge in [0.2, 0.25) is 0 Å². The number of nitrogens with zero attached hydrogens (tertiary/aromatic N) is 1. The number of anilines is 1. The highest BCUT2D eigenvalue weighted by molar-refractivity contribution is 9.10. The molecular weight excluding hydrogens is 414 g/mol. The van der Waals surface area contributed by atoms with Crippen LogP contribution in [0.4, 0.5) is 5.69 Å². The van der Waals surface area contributed by atoms with Gasteiger partial charge in [0, 0.05) is 16.4 Å². The monoisotopic (exact) mass is 429 g/mol. The second-order valence-corrected chi connectivity index (χ2v) is 6.45. The van der Waals surface area contributed by atoms with Crippen LogP contribution < -0.4 is 21.3 Å². The van der Waals surface area contributed by atoms with E-state index in [-0.39, 0.29) is 5.56 Å². The zero-order chi connectivity index (χ0) is 19.4. The summed E-state index contributed by atoms with van der Waals surface area (Å²) >= 11 is 3.31. The van der Waals surface area contributed by atoms with E-state index in [0.717, 1.165) is 15.2 Å². The molecule has 27 heavy (non-hydrogen) atoms. The fourth-order valence-corrected chi connectivity index (χ4v) is 2.72. The van der Waals surface area contributed by atoms with Crippen molar-refractivity contribution in [2.75, 3.05) is 11.9 Å². The minimum atomic E-state index is -0.711. The first-order chi connectivity index (χ1) is 13.0. The number of hydrogen-bond acceptors (Lipinski definition) is 4. The summed E-state index contributed by atoms with van der Waals surface area (Å²) < 4.78 is 7.13. The second kappa shape index (κ2) is 8.05. The molecule has 0 aliphatic heterocycles. The van der Waals surface area contributed by atoms with Gasteiger partial charge in [-0.15, -0.1) is 0 Å². The van der Waals surface area contributed by atoms with Crippen molar-refractivity contribution in [3.05, 3.63) is 85.6 Å². The molecule has 1 aromatic heterocycles. The van der Waals surface area contributed by atoms with Gasteiger partial charge in [0.15, 0.2) is 0 Å². The lowest BCUT2D eigenvalue weighted by atomic mass is 10.2. The van der Waals surface area contributed by atoms with Gasteiger partial charge in [-0.2, -0.15) is 0 Å². The van der Waals surface area contributed by atoms with Crippen molar-refractivity contribution in [2.45, 2.75) is 6.92 Å². The first-order valence-corrected chi connectivity index (χ1v) is 8.94. The van der Waals surface area contributed by atoms with Crippen molar-refractivity contribution in [1.82, 2.24) is 9.55 Å². The Balaban J connectivity index is 1.95. The van der Waals surface area contributed by atoms with E-state index in [0.29, 0.717) is 23.7 Å². The standard InChI is InChI=1S/C19H16BrN3O4/c1-2-27-15-9-7-14(8-10-15)23-18(25)16(11-21-19(23)26)17(24)22-13-5-3-12(20)4-6-13/h3-11H,2H2,1H3,(H,21,26)(H,22,24). The van der Waals surface area contributed by atoms with Crippen molar-refractivity contribution in [1.29, 1.82) is 0 Å². The van der Waals surface area contributed by atoms with Crippen LogP contribution in [0.3, 0.4) is 0 Å². The zero-order valence-electron chi connectivity index (χ0n) is 14.4. The summed E-state index contributed by atoms with van der Waals surface area (Å²) in [7, 11) is 0. The van der Waals surface area contributed by atoms with Crippen LogP contribution in [0.15, 0.2) is 68.8 Å². The van der Waals surface area contributed by atoms with Crippen LogP contribution in [0.1, 0.15) is 17.3 Å². The maximum atomic E-state index is 12.7. The first-order valence-electron chi connectivity index (χ1n) is 8.14. The highest BCUT2D eigenvalue weighted by Crippen LogP contribution is 2.15. The zero-order valence-corrected chi connectivity index (χ0v) is 15.9. The second-order valence-electron chi connectivity index (χ2n) is 5.54. The third-order valence-corrected chi connectivity index (χ3v) is 4.26. The van der Waals surface area contributed by atoms with Crippen LogP contribution in [0.2, 0.25) is 0 Å². The van der Waals surface area contributed by atoms with Crippen LogP contribution >= 0.6 is 15.9 Å². The minimum absolute atomic E-state index is 0.175. The van der Waals surface area contributed by atoms with E-state index >= 15 is 0 Å². The summed E-state index contributed by atoms with van der Waals surface area (Å²) in [6.07, 6.45) is 1.11. The molecule has 1 amide bonds. The lowest BCUT2D eigenvalue weighted by molar-refractivity contribution is 0.102. The summed E-state index contributed by atoms with van der Waals surface area (Å²) in [6.45, 7) is 2.36. The van der Waals surface area contributed by atoms with Gasteiger partial charge in [-0.05, 0) is 55.5 Å². The molecule has 0 radical (unpaired) electrons. The largest absolute Gasteiger partial charge is 0.494 e. The van der Waals surface area contributed by atoms with Gasteiger partial charge < -0.3 is 15.0 Å². The Hall–Kier alpha value is -3.13. The predicted molar refractivity (Wildman–Crippen MR) is 106 cm³/mol. The fourth-order valence-electron chi connectivity index (χ4n) is 2.46. The highest BCUT2D eigenvalue weighted by atomic mass is 79.9. The molecule has 2 N–H and O–H groups in total. The molecule has 0 atom stereocenters. The molecule has 1 heterocycles. The van der Waals surface area contributed by atoms with Crippen LogP contribution in [-0.4, -0.2) is 22.1 Å². The van der Waals surface area contributed by atoms with E-state index in [1.165, 1.54) is 0 Å². The normalized spacial score (nSPS) is 10.4. The quantitative estimate of drug-likeness (QED) is 0.651. The van der Waals surface area contributed by atoms with E-state index in [9.17, 15) is 14.4 Å². The summed E-state index contributed by atoms with van der Waals surface area (Å²) in [5.41, 5.74) is -0.655. The van der Waals surface area contributed by atoms with E-state index in [1.807, 2.05) is 6.92 Å². The van der Waals surface area contributed by atoms with E-state index in [2.05, 4.69) is 26.2 Å². The van der Waals surface area contributed by atoms with Crippen molar-refractivity contribution in [3.63, 3.8) is 0 Å². The first kappa shape index (κ1) is 18.7. The molecule has 3 aromatic rings. The number of amides is 1. The number of H-pyrrole nitrogens is 1. The number of nitrogens with one attached hydrogen (secondary N) is 2. The highest BCUT2D eigenvalue weighted by Gasteiger charge is 2.16. The molecule has 0 fully saturated rings. The topological polar surface area (TPSA) is 93.2 Å². The van der Waals surface area contributed by atoms with E-state index in [4.69, 9.17) is 4.74 Å². The number of benzene rings is 2. The predicted octanol–water partition coefficient (Wildman–Crippen LogP) is 2.94. The van der Waals surface area contributed by atoms with Gasteiger partial charge in [-0.1, -0.05) is 15.9 Å². The number of aromatic nitrogens is 2. The third-order valence-electron chi connectivity index (χ3n) is 3.73. The van der Waals surface area contributed by atoms with Gasteiger partial charge in [-0.25, -0.2) is 9.36 Å². The summed E-state index contributed by atoms with van der Waals surface area (Å²) in [6, 6.07) is 13.4.